The third kappa shape index (κ3) is 3.92. The number of rotatable bonds is 7. The van der Waals surface area contributed by atoms with Crippen molar-refractivity contribution in [2.24, 2.45) is 5.41 Å². The lowest BCUT2D eigenvalue weighted by Crippen LogP contribution is -2.34. The quantitative estimate of drug-likeness (QED) is 0.723. The summed E-state index contributed by atoms with van der Waals surface area (Å²) in [5.74, 6) is -1.21. The maximum absolute atomic E-state index is 12.3. The summed E-state index contributed by atoms with van der Waals surface area (Å²) in [5, 5.41) is 12.2. The van der Waals surface area contributed by atoms with Gasteiger partial charge in [-0.2, -0.15) is 0 Å². The zero-order valence-corrected chi connectivity index (χ0v) is 14.6. The van der Waals surface area contributed by atoms with Crippen LogP contribution in [-0.2, 0) is 4.74 Å². The van der Waals surface area contributed by atoms with E-state index < -0.39 is 5.97 Å². The van der Waals surface area contributed by atoms with E-state index in [1.165, 1.54) is 11.3 Å². The zero-order valence-electron chi connectivity index (χ0n) is 13.8. The van der Waals surface area contributed by atoms with E-state index in [9.17, 15) is 14.7 Å². The fourth-order valence-corrected chi connectivity index (χ4v) is 3.41. The molecule has 2 aromatic heterocycles. The number of aryl methyl sites for hydroxylation is 1. The molecule has 0 saturated carbocycles. The van der Waals surface area contributed by atoms with E-state index in [2.05, 4.69) is 24.1 Å². The van der Waals surface area contributed by atoms with Crippen molar-refractivity contribution < 1.29 is 19.4 Å². The van der Waals surface area contributed by atoms with E-state index in [0.717, 1.165) is 16.0 Å². The molecule has 2 rings (SSSR count). The average molecular weight is 338 g/mol. The van der Waals surface area contributed by atoms with Gasteiger partial charge in [-0.05, 0) is 24.8 Å². The molecule has 3 N–H and O–H groups in total. The van der Waals surface area contributed by atoms with Crippen LogP contribution in [0, 0.1) is 12.3 Å². The highest BCUT2D eigenvalue weighted by Crippen LogP contribution is 2.31. The fourth-order valence-electron chi connectivity index (χ4n) is 2.36. The second-order valence-electron chi connectivity index (χ2n) is 6.35. The highest BCUT2D eigenvalue weighted by molar-refractivity contribution is 7.19. The number of amides is 1. The molecular weight excluding hydrogens is 316 g/mol. The van der Waals surface area contributed by atoms with Gasteiger partial charge in [0.15, 0.2) is 0 Å². The van der Waals surface area contributed by atoms with Crippen molar-refractivity contribution >= 4 is 33.4 Å². The molecule has 0 spiro atoms. The van der Waals surface area contributed by atoms with Crippen molar-refractivity contribution in [1.82, 2.24) is 10.3 Å². The molecule has 0 aliphatic rings. The summed E-state index contributed by atoms with van der Waals surface area (Å²) in [7, 11) is 1.66. The summed E-state index contributed by atoms with van der Waals surface area (Å²) in [4.78, 5) is 27.3. The standard InChI is InChI=1S/C16H22N2O4S/c1-9-12(15(20)21)13-11(23-9)7-10(18-13)14(19)17-8-16(2,3)5-6-22-4/h7,18H,5-6,8H2,1-4H3,(H,17,19)(H,20,21). The molecule has 2 aromatic rings. The molecule has 2 heterocycles. The van der Waals surface area contributed by atoms with E-state index in [4.69, 9.17) is 4.74 Å². The largest absolute Gasteiger partial charge is 0.478 e. The number of carbonyl (C=O) groups excluding carboxylic acids is 1. The normalized spacial score (nSPS) is 11.8. The third-order valence-corrected chi connectivity index (χ3v) is 4.87. The molecule has 0 bridgehead atoms. The highest BCUT2D eigenvalue weighted by atomic mass is 32.1. The van der Waals surface area contributed by atoms with E-state index in [1.807, 2.05) is 0 Å². The number of hydrogen-bond acceptors (Lipinski definition) is 4. The summed E-state index contributed by atoms with van der Waals surface area (Å²) in [6, 6.07) is 1.71. The molecule has 0 aliphatic carbocycles. The predicted molar refractivity (Wildman–Crippen MR) is 90.5 cm³/mol. The number of carbonyl (C=O) groups is 2. The lowest BCUT2D eigenvalue weighted by molar-refractivity contribution is 0.0698. The molecule has 0 aliphatic heterocycles. The van der Waals surface area contributed by atoms with Crippen molar-refractivity contribution in [3.8, 4) is 0 Å². The maximum atomic E-state index is 12.3. The number of thiophene rings is 1. The first-order chi connectivity index (χ1) is 10.7. The van der Waals surface area contributed by atoms with Gasteiger partial charge in [-0.15, -0.1) is 11.3 Å². The number of hydrogen-bond donors (Lipinski definition) is 3. The van der Waals surface area contributed by atoms with E-state index in [1.54, 1.807) is 20.1 Å². The Hall–Kier alpha value is -1.86. The molecule has 126 valence electrons. The van der Waals surface area contributed by atoms with Crippen molar-refractivity contribution in [2.75, 3.05) is 20.3 Å². The van der Waals surface area contributed by atoms with Gasteiger partial charge in [0, 0.05) is 25.1 Å². The second kappa shape index (κ2) is 6.72. The Morgan fingerprint density at radius 1 is 1.43 bits per heavy atom. The van der Waals surface area contributed by atoms with Crippen LogP contribution in [-0.4, -0.2) is 42.2 Å². The smallest absolute Gasteiger partial charge is 0.338 e. The minimum absolute atomic E-state index is 0.0710. The highest BCUT2D eigenvalue weighted by Gasteiger charge is 2.22. The van der Waals surface area contributed by atoms with Crippen molar-refractivity contribution in [3.63, 3.8) is 0 Å². The first kappa shape index (κ1) is 17.5. The Balaban J connectivity index is 2.11. The van der Waals surface area contributed by atoms with Gasteiger partial charge in [-0.25, -0.2) is 4.79 Å². The van der Waals surface area contributed by atoms with Crippen LogP contribution < -0.4 is 5.32 Å². The van der Waals surface area contributed by atoms with E-state index in [0.29, 0.717) is 24.4 Å². The molecule has 1 amide bonds. The van der Waals surface area contributed by atoms with E-state index in [-0.39, 0.29) is 16.9 Å². The van der Waals surface area contributed by atoms with E-state index >= 15 is 0 Å². The minimum Gasteiger partial charge on any atom is -0.478 e. The number of methoxy groups -OCH3 is 1. The number of carboxylic acid groups (broad SMARTS) is 1. The lowest BCUT2D eigenvalue weighted by Gasteiger charge is -2.24. The Bertz CT molecular complexity index is 730. The Kier molecular flexibility index (Phi) is 5.11. The Labute approximate surface area is 138 Å². The molecule has 0 fully saturated rings. The maximum Gasteiger partial charge on any atom is 0.338 e. The number of carboxylic acids is 1. The van der Waals surface area contributed by atoms with Gasteiger partial charge < -0.3 is 20.1 Å². The van der Waals surface area contributed by atoms with Crippen LogP contribution in [0.4, 0.5) is 0 Å². The molecular formula is C16H22N2O4S. The van der Waals surface area contributed by atoms with Crippen molar-refractivity contribution in [2.45, 2.75) is 27.2 Å². The van der Waals surface area contributed by atoms with Crippen molar-refractivity contribution in [1.29, 1.82) is 0 Å². The number of ether oxygens (including phenoxy) is 1. The zero-order chi connectivity index (χ0) is 17.2. The van der Waals surface area contributed by atoms with Gasteiger partial charge in [0.05, 0.1) is 15.8 Å². The average Bonchev–Trinajstić information content (AvgIpc) is 2.98. The molecule has 0 unspecified atom stereocenters. The molecule has 6 nitrogen and oxygen atoms in total. The molecule has 0 aromatic carbocycles. The number of aromatic amines is 1. The van der Waals surface area contributed by atoms with Gasteiger partial charge in [-0.3, -0.25) is 4.79 Å². The van der Waals surface area contributed by atoms with Gasteiger partial charge in [-0.1, -0.05) is 13.8 Å². The fraction of sp³-hybridized carbons (Fsp3) is 0.500. The van der Waals surface area contributed by atoms with Crippen LogP contribution in [0.1, 0.15) is 46.0 Å². The van der Waals surface area contributed by atoms with Crippen LogP contribution in [0.25, 0.3) is 10.2 Å². The number of aromatic nitrogens is 1. The lowest BCUT2D eigenvalue weighted by atomic mass is 9.90. The van der Waals surface area contributed by atoms with Crippen LogP contribution in [0.2, 0.25) is 0 Å². The van der Waals surface area contributed by atoms with Gasteiger partial charge in [0.25, 0.3) is 5.91 Å². The monoisotopic (exact) mass is 338 g/mol. The Morgan fingerprint density at radius 3 is 2.74 bits per heavy atom. The predicted octanol–water partition coefficient (Wildman–Crippen LogP) is 3.03. The van der Waals surface area contributed by atoms with Crippen molar-refractivity contribution in [3.05, 3.63) is 22.2 Å². The molecule has 23 heavy (non-hydrogen) atoms. The summed E-state index contributed by atoms with van der Waals surface area (Å²) < 4.78 is 5.85. The Morgan fingerprint density at radius 2 is 2.13 bits per heavy atom. The van der Waals surface area contributed by atoms with Crippen LogP contribution >= 0.6 is 11.3 Å². The number of fused-ring (bicyclic) bond motifs is 1. The number of H-pyrrole nitrogens is 1. The second-order valence-corrected chi connectivity index (χ2v) is 7.61. The third-order valence-electron chi connectivity index (χ3n) is 3.82. The van der Waals surface area contributed by atoms with Gasteiger partial charge in [0.2, 0.25) is 0 Å². The van der Waals surface area contributed by atoms with Crippen LogP contribution in [0.5, 0.6) is 0 Å². The summed E-state index contributed by atoms with van der Waals surface area (Å²) in [6.45, 7) is 7.05. The SMILES string of the molecule is COCCC(C)(C)CNC(=O)c1cc2sc(C)c(C(=O)O)c2[nH]1. The number of aromatic carboxylic acids is 1. The van der Waals surface area contributed by atoms with Gasteiger partial charge in [0.1, 0.15) is 5.69 Å². The van der Waals surface area contributed by atoms with Gasteiger partial charge >= 0.3 is 5.97 Å². The molecule has 0 atom stereocenters. The minimum atomic E-state index is -0.983. The first-order valence-corrected chi connectivity index (χ1v) is 8.19. The topological polar surface area (TPSA) is 91.4 Å². The number of nitrogens with one attached hydrogen (secondary N) is 2. The van der Waals surface area contributed by atoms with Crippen LogP contribution in [0.15, 0.2) is 6.07 Å². The first-order valence-electron chi connectivity index (χ1n) is 7.38. The molecule has 0 radical (unpaired) electrons. The summed E-state index contributed by atoms with van der Waals surface area (Å²) >= 11 is 1.37. The summed E-state index contributed by atoms with van der Waals surface area (Å²) in [6.07, 6.45) is 0.839. The van der Waals surface area contributed by atoms with Crippen LogP contribution in [0.3, 0.4) is 0 Å². The molecule has 7 heteroatoms. The summed E-state index contributed by atoms with van der Waals surface area (Å²) in [5.41, 5.74) is 1.07. The molecule has 0 saturated heterocycles.